The van der Waals surface area contributed by atoms with Crippen LogP contribution in [-0.4, -0.2) is 10.0 Å². The van der Waals surface area contributed by atoms with Crippen molar-refractivity contribution in [2.24, 2.45) is 11.8 Å². The van der Waals surface area contributed by atoms with Crippen LogP contribution in [0.1, 0.15) is 99.9 Å². The molecule has 0 amide bonds. The second kappa shape index (κ2) is 13.6. The molecule has 0 bridgehead atoms. The first-order valence-electron chi connectivity index (χ1n) is 16.4. The zero-order valence-electron chi connectivity index (χ0n) is 26.1. The normalized spacial score (nSPS) is 14.5. The van der Waals surface area contributed by atoms with Gasteiger partial charge in [0.15, 0.2) is 0 Å². The summed E-state index contributed by atoms with van der Waals surface area (Å²) in [6.45, 7) is 9.33. The molecule has 6 heterocycles. The molecule has 2 aliphatic rings. The monoisotopic (exact) mass is 688 g/mol. The minimum Gasteiger partial charge on any atom is -0.139 e. The third kappa shape index (κ3) is 5.94. The second-order valence-electron chi connectivity index (χ2n) is 12.3. The summed E-state index contributed by atoms with van der Waals surface area (Å²) in [7, 11) is 3.56. The Labute approximate surface area is 284 Å². The van der Waals surface area contributed by atoms with E-state index in [0.717, 1.165) is 11.8 Å². The Morgan fingerprint density at radius 2 is 1.00 bits per heavy atom. The fourth-order valence-electron chi connectivity index (χ4n) is 6.69. The standard InChI is InChI=1S/C38H40S6/c1-5-9-11-23(7-3)17-25-19-29-31(41-25)21-33(43-29)35-27-13-15-40-38(27)36(28-14-16-39-37(28)35)34-22-32-30(44-34)20-26(42-32)18-24(8-4)12-10-6-2/h13-14,19-24H,5-12,17-18H2,1-4H3. The van der Waals surface area contributed by atoms with Crippen molar-refractivity contribution in [3.8, 4) is 20.9 Å². The highest BCUT2D eigenvalue weighted by atomic mass is 32.1. The smallest absolute Gasteiger partial charge is 0.0533 e. The lowest BCUT2D eigenvalue weighted by atomic mass is 9.95. The van der Waals surface area contributed by atoms with Crippen LogP contribution in [-0.2, 0) is 12.8 Å². The van der Waals surface area contributed by atoms with Gasteiger partial charge >= 0.3 is 0 Å². The van der Waals surface area contributed by atoms with Crippen LogP contribution in [0.25, 0.3) is 51.8 Å². The summed E-state index contributed by atoms with van der Waals surface area (Å²) < 4.78 is 8.54. The fraction of sp³-hybridized carbons (Fsp3) is 0.421. The summed E-state index contributed by atoms with van der Waals surface area (Å²) in [6.07, 6.45) is 17.5. The number of rotatable bonds is 14. The SMILES string of the molecule is CCCCC(CC)Cc1cc2sc(-c3c4c(c(-c5cc6sc(CC(CC)CCCC)cc6s5)c5c3=S=C=C5)=S=C=C4)cc2s1. The number of thiophene rings is 4. The summed E-state index contributed by atoms with van der Waals surface area (Å²) in [4.78, 5) is 5.91. The van der Waals surface area contributed by atoms with Crippen molar-refractivity contribution < 1.29 is 0 Å². The molecule has 0 nitrogen and oxygen atoms in total. The van der Waals surface area contributed by atoms with Gasteiger partial charge in [-0.05, 0) is 48.9 Å². The lowest BCUT2D eigenvalue weighted by molar-refractivity contribution is 0.452. The molecule has 0 N–H and O–H groups in total. The molecule has 2 atom stereocenters. The molecule has 0 radical (unpaired) electrons. The number of hydrogen-bond donors (Lipinski definition) is 0. The molecule has 2 aliphatic heterocycles. The summed E-state index contributed by atoms with van der Waals surface area (Å²) in [5, 5.41) is 7.07. The van der Waals surface area contributed by atoms with Gasteiger partial charge in [-0.2, -0.15) is 0 Å². The summed E-state index contributed by atoms with van der Waals surface area (Å²) in [5.41, 5.74) is 5.50. The quantitative estimate of drug-likeness (QED) is 0.0998. The Balaban J connectivity index is 1.23. The topological polar surface area (TPSA) is 0 Å². The zero-order valence-corrected chi connectivity index (χ0v) is 31.0. The maximum absolute atomic E-state index is 3.54. The van der Waals surface area contributed by atoms with Gasteiger partial charge in [-0.3, -0.25) is 0 Å². The molecule has 6 heteroatoms. The molecule has 44 heavy (non-hydrogen) atoms. The Kier molecular flexibility index (Phi) is 9.53. The van der Waals surface area contributed by atoms with Crippen LogP contribution in [0.5, 0.6) is 0 Å². The van der Waals surface area contributed by atoms with Gasteiger partial charge in [0.1, 0.15) is 0 Å². The van der Waals surface area contributed by atoms with Crippen LogP contribution in [0, 0.1) is 20.9 Å². The van der Waals surface area contributed by atoms with E-state index in [4.69, 9.17) is 0 Å². The van der Waals surface area contributed by atoms with E-state index in [0.29, 0.717) is 0 Å². The van der Waals surface area contributed by atoms with E-state index in [9.17, 15) is 0 Å². The zero-order chi connectivity index (χ0) is 30.2. The van der Waals surface area contributed by atoms with E-state index in [1.807, 2.05) is 45.3 Å². The second-order valence-corrected chi connectivity index (χ2v) is 18.5. The molecule has 0 saturated heterocycles. The number of hydrogen-bond acceptors (Lipinski definition) is 4. The Bertz CT molecular complexity index is 1920. The predicted molar refractivity (Wildman–Crippen MR) is 210 cm³/mol. The van der Waals surface area contributed by atoms with Crippen molar-refractivity contribution in [1.82, 2.24) is 0 Å². The minimum atomic E-state index is 0.815. The van der Waals surface area contributed by atoms with Crippen LogP contribution in [0.3, 0.4) is 0 Å². The van der Waals surface area contributed by atoms with Gasteiger partial charge in [-0.1, -0.05) is 111 Å². The van der Waals surface area contributed by atoms with Crippen molar-refractivity contribution in [1.29, 1.82) is 0 Å². The number of fused-ring (bicyclic) bond motifs is 4. The van der Waals surface area contributed by atoms with Crippen LogP contribution in [0.2, 0.25) is 0 Å². The van der Waals surface area contributed by atoms with Crippen molar-refractivity contribution >= 4 is 108 Å². The first-order valence-corrected chi connectivity index (χ1v) is 21.3. The van der Waals surface area contributed by atoms with Gasteiger partial charge < -0.3 is 0 Å². The third-order valence-electron chi connectivity index (χ3n) is 9.29. The number of unbranched alkanes of at least 4 members (excludes halogenated alkanes) is 2. The average molecular weight is 689 g/mol. The molecular formula is C38H40S6. The maximum atomic E-state index is 3.54. The summed E-state index contributed by atoms with van der Waals surface area (Å²) in [5.74, 6) is 1.63. The van der Waals surface area contributed by atoms with Gasteiger partial charge in [0.2, 0.25) is 0 Å². The van der Waals surface area contributed by atoms with Crippen LogP contribution in [0.15, 0.2) is 24.3 Å². The first-order chi connectivity index (χ1) is 21.6. The van der Waals surface area contributed by atoms with Gasteiger partial charge in [0.25, 0.3) is 0 Å². The molecule has 1 aromatic carbocycles. The fourth-order valence-corrected chi connectivity index (χ4v) is 13.8. The molecule has 0 aliphatic carbocycles. The highest BCUT2D eigenvalue weighted by Gasteiger charge is 2.23. The van der Waals surface area contributed by atoms with Crippen LogP contribution in [0.4, 0.5) is 0 Å². The van der Waals surface area contributed by atoms with Crippen LogP contribution < -0.4 is 0 Å². The van der Waals surface area contributed by atoms with E-state index < -0.39 is 0 Å². The van der Waals surface area contributed by atoms with E-state index in [2.05, 4.69) is 74.2 Å². The van der Waals surface area contributed by atoms with E-state index >= 15 is 0 Å². The van der Waals surface area contributed by atoms with E-state index in [-0.39, 0.29) is 0 Å². The largest absolute Gasteiger partial charge is 0.139 e. The molecule has 5 aromatic rings. The molecular weight excluding hydrogens is 649 g/mol. The molecule has 4 aromatic heterocycles. The van der Waals surface area contributed by atoms with Gasteiger partial charge in [-0.15, -0.1) is 45.3 Å². The molecule has 0 spiro atoms. The maximum Gasteiger partial charge on any atom is 0.0533 e. The molecule has 2 unspecified atom stereocenters. The molecule has 0 fully saturated rings. The Morgan fingerprint density at radius 1 is 0.568 bits per heavy atom. The Hall–Kier alpha value is -1.72. The predicted octanol–water partition coefficient (Wildman–Crippen LogP) is 13.9. The van der Waals surface area contributed by atoms with Crippen molar-refractivity contribution in [3.05, 3.63) is 54.2 Å². The summed E-state index contributed by atoms with van der Waals surface area (Å²) in [6, 6.07) is 9.92. The van der Waals surface area contributed by atoms with Gasteiger partial charge in [0, 0.05) is 72.7 Å². The lowest BCUT2D eigenvalue weighted by Gasteiger charge is -2.13. The van der Waals surface area contributed by atoms with E-state index in [1.165, 1.54) is 124 Å². The molecule has 7 rings (SSSR count). The van der Waals surface area contributed by atoms with Crippen molar-refractivity contribution in [3.63, 3.8) is 0 Å². The van der Waals surface area contributed by atoms with Crippen molar-refractivity contribution in [2.45, 2.75) is 91.9 Å². The van der Waals surface area contributed by atoms with Crippen molar-refractivity contribution in [2.75, 3.05) is 0 Å². The first kappa shape index (κ1) is 30.9. The highest BCUT2D eigenvalue weighted by Crippen LogP contribution is 2.47. The highest BCUT2D eigenvalue weighted by molar-refractivity contribution is 7.90. The Morgan fingerprint density at radius 3 is 1.39 bits per heavy atom. The van der Waals surface area contributed by atoms with Crippen LogP contribution >= 0.6 is 67.2 Å². The molecule has 0 saturated carbocycles. The number of benzene rings is 1. The third-order valence-corrected chi connectivity index (χ3v) is 15.7. The molecule has 228 valence electrons. The summed E-state index contributed by atoms with van der Waals surface area (Å²) >= 11 is 8.00. The lowest BCUT2D eigenvalue weighted by Crippen LogP contribution is -2.01. The van der Waals surface area contributed by atoms with Gasteiger partial charge in [0.05, 0.1) is 9.02 Å². The van der Waals surface area contributed by atoms with Gasteiger partial charge in [-0.25, -0.2) is 0 Å². The van der Waals surface area contributed by atoms with E-state index in [1.54, 1.807) is 31.6 Å². The minimum absolute atomic E-state index is 0.815. The average Bonchev–Trinajstić information content (AvgIpc) is 3.85.